The van der Waals surface area contributed by atoms with E-state index in [9.17, 15) is 9.59 Å². The molecule has 1 rings (SSSR count). The van der Waals surface area contributed by atoms with Gasteiger partial charge in [-0.1, -0.05) is 6.08 Å². The summed E-state index contributed by atoms with van der Waals surface area (Å²) >= 11 is 0. The first-order chi connectivity index (χ1) is 11.1. The lowest BCUT2D eigenvalue weighted by atomic mass is 10.3. The van der Waals surface area contributed by atoms with Crippen LogP contribution < -0.4 is 9.47 Å². The zero-order valence-electron chi connectivity index (χ0n) is 13.6. The molecule has 0 aliphatic rings. The summed E-state index contributed by atoms with van der Waals surface area (Å²) in [5.41, 5.74) is 0. The number of hydrogen-bond donors (Lipinski definition) is 0. The van der Waals surface area contributed by atoms with Crippen molar-refractivity contribution in [2.75, 3.05) is 33.4 Å². The van der Waals surface area contributed by atoms with Gasteiger partial charge in [0.05, 0.1) is 20.1 Å². The van der Waals surface area contributed by atoms with Crippen LogP contribution in [0.15, 0.2) is 36.9 Å². The van der Waals surface area contributed by atoms with E-state index < -0.39 is 0 Å². The first-order valence-electron chi connectivity index (χ1n) is 7.41. The van der Waals surface area contributed by atoms with Crippen LogP contribution in [0.5, 0.6) is 11.5 Å². The van der Waals surface area contributed by atoms with Crippen molar-refractivity contribution in [2.24, 2.45) is 0 Å². The zero-order chi connectivity index (χ0) is 17.1. The van der Waals surface area contributed by atoms with Crippen LogP contribution in [0.1, 0.15) is 13.3 Å². The predicted molar refractivity (Wildman–Crippen MR) is 86.5 cm³/mol. The third-order valence-electron chi connectivity index (χ3n) is 3.01. The minimum absolute atomic E-state index is 0.108. The fourth-order valence-electron chi connectivity index (χ4n) is 1.84. The van der Waals surface area contributed by atoms with Crippen LogP contribution in [0.4, 0.5) is 0 Å². The van der Waals surface area contributed by atoms with Crippen molar-refractivity contribution in [2.45, 2.75) is 13.3 Å². The second-order valence-corrected chi connectivity index (χ2v) is 4.65. The fraction of sp³-hybridized carbons (Fsp3) is 0.412. The van der Waals surface area contributed by atoms with E-state index in [1.54, 1.807) is 30.3 Å². The molecule has 0 heterocycles. The zero-order valence-corrected chi connectivity index (χ0v) is 13.6. The monoisotopic (exact) mass is 321 g/mol. The second-order valence-electron chi connectivity index (χ2n) is 4.65. The number of esters is 1. The number of nitrogens with zero attached hydrogens (tertiary/aromatic N) is 1. The third-order valence-corrected chi connectivity index (χ3v) is 3.01. The van der Waals surface area contributed by atoms with Crippen molar-refractivity contribution >= 4 is 11.9 Å². The number of hydrogen-bond acceptors (Lipinski definition) is 5. The van der Waals surface area contributed by atoms with E-state index in [0.29, 0.717) is 18.9 Å². The van der Waals surface area contributed by atoms with E-state index in [1.807, 2.05) is 6.92 Å². The molecule has 6 nitrogen and oxygen atoms in total. The van der Waals surface area contributed by atoms with Gasteiger partial charge in [-0.25, -0.2) is 0 Å². The molecule has 0 bridgehead atoms. The number of carbonyl (C=O) groups excluding carboxylic acids is 2. The first kappa shape index (κ1) is 18.5. The maximum absolute atomic E-state index is 12.2. The highest BCUT2D eigenvalue weighted by Crippen LogP contribution is 2.17. The number of benzene rings is 1. The first-order valence-corrected chi connectivity index (χ1v) is 7.41. The molecule has 0 aliphatic carbocycles. The molecule has 0 unspecified atom stereocenters. The standard InChI is InChI=1S/C17H23NO5/c1-4-11-18(12-10-17(20)21-3)16(19)13-23-15-8-6-14(7-9-15)22-5-2/h4,6-9H,1,5,10-13H2,2-3H3. The molecule has 23 heavy (non-hydrogen) atoms. The Morgan fingerprint density at radius 1 is 1.17 bits per heavy atom. The third kappa shape index (κ3) is 6.86. The highest BCUT2D eigenvalue weighted by atomic mass is 16.5. The largest absolute Gasteiger partial charge is 0.494 e. The lowest BCUT2D eigenvalue weighted by Crippen LogP contribution is -2.36. The number of methoxy groups -OCH3 is 1. The van der Waals surface area contributed by atoms with E-state index in [-0.39, 0.29) is 31.4 Å². The summed E-state index contributed by atoms with van der Waals surface area (Å²) in [7, 11) is 1.32. The maximum atomic E-state index is 12.2. The van der Waals surface area contributed by atoms with Gasteiger partial charge in [0.1, 0.15) is 11.5 Å². The maximum Gasteiger partial charge on any atom is 0.307 e. The molecule has 0 spiro atoms. The lowest BCUT2D eigenvalue weighted by molar-refractivity contribution is -0.142. The molecule has 0 aliphatic heterocycles. The van der Waals surface area contributed by atoms with Crippen LogP contribution >= 0.6 is 0 Å². The van der Waals surface area contributed by atoms with Crippen LogP contribution in [-0.2, 0) is 14.3 Å². The minimum atomic E-state index is -0.362. The summed E-state index contributed by atoms with van der Waals surface area (Å²) in [4.78, 5) is 24.8. The Hall–Kier alpha value is -2.50. The molecule has 1 amide bonds. The minimum Gasteiger partial charge on any atom is -0.494 e. The van der Waals surface area contributed by atoms with Crippen LogP contribution in [0, 0.1) is 0 Å². The average Bonchev–Trinajstić information content (AvgIpc) is 2.57. The molecule has 0 radical (unpaired) electrons. The Balaban J connectivity index is 2.50. The highest BCUT2D eigenvalue weighted by Gasteiger charge is 2.14. The van der Waals surface area contributed by atoms with Crippen LogP contribution in [0.25, 0.3) is 0 Å². The van der Waals surface area contributed by atoms with Crippen molar-refractivity contribution in [3.63, 3.8) is 0 Å². The molecule has 1 aromatic rings. The van der Waals surface area contributed by atoms with Crippen molar-refractivity contribution < 1.29 is 23.8 Å². The molecule has 6 heteroatoms. The van der Waals surface area contributed by atoms with Crippen molar-refractivity contribution in [1.29, 1.82) is 0 Å². The Morgan fingerprint density at radius 2 is 1.78 bits per heavy atom. The molecule has 0 saturated carbocycles. The van der Waals surface area contributed by atoms with E-state index in [0.717, 1.165) is 5.75 Å². The van der Waals surface area contributed by atoms with Gasteiger partial charge in [-0.05, 0) is 31.2 Å². The molecular formula is C17H23NO5. The fourth-order valence-corrected chi connectivity index (χ4v) is 1.84. The van der Waals surface area contributed by atoms with Gasteiger partial charge in [0.15, 0.2) is 6.61 Å². The molecule has 0 atom stereocenters. The Morgan fingerprint density at radius 3 is 2.30 bits per heavy atom. The topological polar surface area (TPSA) is 65.1 Å². The Kier molecular flexibility index (Phi) is 8.28. The van der Waals surface area contributed by atoms with Crippen molar-refractivity contribution in [3.8, 4) is 11.5 Å². The SMILES string of the molecule is C=CCN(CCC(=O)OC)C(=O)COc1ccc(OCC)cc1. The normalized spacial score (nSPS) is 9.83. The van der Waals surface area contributed by atoms with Crippen LogP contribution in [0.2, 0.25) is 0 Å². The molecule has 0 N–H and O–H groups in total. The van der Waals surface area contributed by atoms with Gasteiger partial charge in [0.25, 0.3) is 5.91 Å². The summed E-state index contributed by atoms with van der Waals surface area (Å²) in [6, 6.07) is 7.04. The molecule has 126 valence electrons. The molecule has 0 fully saturated rings. The van der Waals surface area contributed by atoms with Gasteiger partial charge in [-0.15, -0.1) is 6.58 Å². The Bertz CT molecular complexity index is 512. The van der Waals surface area contributed by atoms with Gasteiger partial charge >= 0.3 is 5.97 Å². The summed E-state index contributed by atoms with van der Waals surface area (Å²) in [6.45, 7) is 6.62. The molecule has 0 saturated heterocycles. The molecule has 1 aromatic carbocycles. The summed E-state index contributed by atoms with van der Waals surface area (Å²) in [5.74, 6) is 0.743. The van der Waals surface area contributed by atoms with Crippen LogP contribution in [-0.4, -0.2) is 50.2 Å². The molecular weight excluding hydrogens is 298 g/mol. The number of rotatable bonds is 10. The average molecular weight is 321 g/mol. The van der Waals surface area contributed by atoms with Crippen molar-refractivity contribution in [1.82, 2.24) is 4.90 Å². The van der Waals surface area contributed by atoms with Crippen LogP contribution in [0.3, 0.4) is 0 Å². The van der Waals surface area contributed by atoms with E-state index >= 15 is 0 Å². The van der Waals surface area contributed by atoms with E-state index in [1.165, 1.54) is 12.0 Å². The lowest BCUT2D eigenvalue weighted by Gasteiger charge is -2.20. The second kappa shape index (κ2) is 10.3. The molecule has 0 aromatic heterocycles. The van der Waals surface area contributed by atoms with Gasteiger partial charge in [0.2, 0.25) is 0 Å². The summed E-state index contributed by atoms with van der Waals surface area (Å²) < 4.78 is 15.4. The van der Waals surface area contributed by atoms with E-state index in [4.69, 9.17) is 9.47 Å². The van der Waals surface area contributed by atoms with Gasteiger partial charge in [0, 0.05) is 13.1 Å². The van der Waals surface area contributed by atoms with Crippen molar-refractivity contribution in [3.05, 3.63) is 36.9 Å². The Labute approximate surface area is 136 Å². The predicted octanol–water partition coefficient (Wildman–Crippen LogP) is 2.04. The summed E-state index contributed by atoms with van der Waals surface area (Å²) in [5, 5.41) is 0. The van der Waals surface area contributed by atoms with Gasteiger partial charge < -0.3 is 19.1 Å². The van der Waals surface area contributed by atoms with Gasteiger partial charge in [-0.3, -0.25) is 9.59 Å². The van der Waals surface area contributed by atoms with Gasteiger partial charge in [-0.2, -0.15) is 0 Å². The smallest absolute Gasteiger partial charge is 0.307 e. The number of ether oxygens (including phenoxy) is 3. The quantitative estimate of drug-likeness (QED) is 0.487. The number of amides is 1. The summed E-state index contributed by atoms with van der Waals surface area (Å²) in [6.07, 6.45) is 1.74. The number of carbonyl (C=O) groups is 2. The highest BCUT2D eigenvalue weighted by molar-refractivity contribution is 5.78. The van der Waals surface area contributed by atoms with E-state index in [2.05, 4.69) is 11.3 Å².